The number of hydrogen-bond acceptors (Lipinski definition) is 4. The molecule has 1 atom stereocenters. The Morgan fingerprint density at radius 3 is 2.35 bits per heavy atom. The van der Waals surface area contributed by atoms with Crippen molar-refractivity contribution in [2.24, 2.45) is 10.7 Å². The Morgan fingerprint density at radius 2 is 1.85 bits per heavy atom. The molecule has 110 valence electrons. The number of rotatable bonds is 3. The van der Waals surface area contributed by atoms with Gasteiger partial charge in [-0.25, -0.2) is 0 Å². The standard InChI is InChI=1S/C15H22N4.HI/c1-5-19-12(4)9-14(18-15(19)16)17-13-7-10(2)6-11(3)8-13;/h6-9,12,17H,5H2,1-4H3,(H2,16,18);1H. The monoisotopic (exact) mass is 386 g/mol. The molecule has 1 heterocycles. The van der Waals surface area contributed by atoms with Crippen LogP contribution in [-0.4, -0.2) is 23.4 Å². The largest absolute Gasteiger partial charge is 0.369 e. The van der Waals surface area contributed by atoms with Gasteiger partial charge in [0, 0.05) is 12.2 Å². The summed E-state index contributed by atoms with van der Waals surface area (Å²) in [4.78, 5) is 6.47. The number of guanidine groups is 1. The highest BCUT2D eigenvalue weighted by Crippen LogP contribution is 2.19. The number of hydrogen-bond donors (Lipinski definition) is 2. The average Bonchev–Trinajstić information content (AvgIpc) is 2.26. The van der Waals surface area contributed by atoms with Crippen molar-refractivity contribution in [1.29, 1.82) is 0 Å². The molecule has 0 fully saturated rings. The van der Waals surface area contributed by atoms with E-state index in [1.165, 1.54) is 11.1 Å². The number of nitrogens with zero attached hydrogens (tertiary/aromatic N) is 2. The molecule has 1 aliphatic rings. The Balaban J connectivity index is 0.00000200. The highest BCUT2D eigenvalue weighted by Gasteiger charge is 2.18. The molecule has 0 amide bonds. The van der Waals surface area contributed by atoms with Crippen LogP contribution in [0.4, 0.5) is 5.69 Å². The lowest BCUT2D eigenvalue weighted by Gasteiger charge is -2.30. The van der Waals surface area contributed by atoms with Crippen molar-refractivity contribution in [3.05, 3.63) is 41.2 Å². The second-order valence-electron chi connectivity index (χ2n) is 5.05. The Hall–Kier alpha value is -1.24. The summed E-state index contributed by atoms with van der Waals surface area (Å²) in [5.41, 5.74) is 9.50. The van der Waals surface area contributed by atoms with Crippen LogP contribution in [0.5, 0.6) is 0 Å². The Bertz CT molecular complexity index is 516. The topological polar surface area (TPSA) is 53.6 Å². The lowest BCUT2D eigenvalue weighted by atomic mass is 10.1. The molecule has 0 radical (unpaired) electrons. The summed E-state index contributed by atoms with van der Waals surface area (Å²) in [6, 6.07) is 6.63. The van der Waals surface area contributed by atoms with Gasteiger partial charge in [-0.15, -0.1) is 24.0 Å². The zero-order valence-corrected chi connectivity index (χ0v) is 14.8. The van der Waals surface area contributed by atoms with Gasteiger partial charge in [-0.2, -0.15) is 4.99 Å². The highest BCUT2D eigenvalue weighted by molar-refractivity contribution is 14.0. The van der Waals surface area contributed by atoms with Gasteiger partial charge in [0.05, 0.1) is 6.04 Å². The third-order valence-electron chi connectivity index (χ3n) is 3.25. The maximum Gasteiger partial charge on any atom is 0.198 e. The predicted molar refractivity (Wildman–Crippen MR) is 96.5 cm³/mol. The number of aliphatic imine (C=N–C) groups is 1. The van der Waals surface area contributed by atoms with Gasteiger partial charge in [0.25, 0.3) is 0 Å². The molecule has 0 aromatic heterocycles. The summed E-state index contributed by atoms with van der Waals surface area (Å²) >= 11 is 0. The lowest BCUT2D eigenvalue weighted by molar-refractivity contribution is 0.384. The predicted octanol–water partition coefficient (Wildman–Crippen LogP) is 3.21. The second-order valence-corrected chi connectivity index (χ2v) is 5.05. The first-order chi connectivity index (χ1) is 8.99. The van der Waals surface area contributed by atoms with Gasteiger partial charge in [0.1, 0.15) is 5.82 Å². The minimum atomic E-state index is 0. The fourth-order valence-electron chi connectivity index (χ4n) is 2.47. The number of nitrogens with two attached hydrogens (primary N) is 1. The van der Waals surface area contributed by atoms with E-state index in [-0.39, 0.29) is 30.0 Å². The number of benzene rings is 1. The molecule has 0 saturated heterocycles. The molecule has 0 bridgehead atoms. The third-order valence-corrected chi connectivity index (χ3v) is 3.25. The summed E-state index contributed by atoms with van der Waals surface area (Å²) in [5.74, 6) is 1.39. The molecule has 5 heteroatoms. The van der Waals surface area contributed by atoms with E-state index in [1.807, 2.05) is 0 Å². The maximum atomic E-state index is 5.98. The van der Waals surface area contributed by atoms with Gasteiger partial charge in [-0.05, 0) is 57.0 Å². The first-order valence-electron chi connectivity index (χ1n) is 6.67. The quantitative estimate of drug-likeness (QED) is 0.785. The van der Waals surface area contributed by atoms with E-state index in [1.54, 1.807) is 0 Å². The maximum absolute atomic E-state index is 5.98. The summed E-state index contributed by atoms with van der Waals surface area (Å²) in [7, 11) is 0. The molecule has 1 aromatic rings. The normalized spacial score (nSPS) is 18.0. The van der Waals surface area contributed by atoms with Gasteiger partial charge in [-0.3, -0.25) is 0 Å². The van der Waals surface area contributed by atoms with E-state index in [0.29, 0.717) is 5.96 Å². The van der Waals surface area contributed by atoms with Crippen LogP contribution in [0, 0.1) is 13.8 Å². The summed E-state index contributed by atoms with van der Waals surface area (Å²) in [6.45, 7) is 9.24. The summed E-state index contributed by atoms with van der Waals surface area (Å²) < 4.78 is 0. The number of halogens is 1. The first-order valence-corrected chi connectivity index (χ1v) is 6.67. The number of anilines is 1. The third kappa shape index (κ3) is 3.88. The van der Waals surface area contributed by atoms with Gasteiger partial charge in [0.15, 0.2) is 5.96 Å². The zero-order chi connectivity index (χ0) is 14.0. The molecule has 3 N–H and O–H groups in total. The molecule has 1 aromatic carbocycles. The minimum Gasteiger partial charge on any atom is -0.369 e. The van der Waals surface area contributed by atoms with Crippen molar-refractivity contribution in [3.8, 4) is 0 Å². The van der Waals surface area contributed by atoms with Crippen molar-refractivity contribution < 1.29 is 0 Å². The van der Waals surface area contributed by atoms with Gasteiger partial charge >= 0.3 is 0 Å². The van der Waals surface area contributed by atoms with Crippen LogP contribution in [0.2, 0.25) is 0 Å². The zero-order valence-electron chi connectivity index (χ0n) is 12.5. The molecule has 4 nitrogen and oxygen atoms in total. The smallest absolute Gasteiger partial charge is 0.198 e. The summed E-state index contributed by atoms with van der Waals surface area (Å²) in [5, 5.41) is 3.33. The lowest BCUT2D eigenvalue weighted by Crippen LogP contribution is -2.44. The Kier molecular flexibility index (Phi) is 5.86. The Morgan fingerprint density at radius 1 is 1.25 bits per heavy atom. The van der Waals surface area contributed by atoms with Crippen molar-refractivity contribution >= 4 is 35.6 Å². The van der Waals surface area contributed by atoms with Crippen LogP contribution in [0.15, 0.2) is 35.1 Å². The molecule has 0 saturated carbocycles. The van der Waals surface area contributed by atoms with Crippen LogP contribution >= 0.6 is 24.0 Å². The van der Waals surface area contributed by atoms with Crippen molar-refractivity contribution in [2.75, 3.05) is 11.9 Å². The number of nitrogens with one attached hydrogen (secondary N) is 1. The van der Waals surface area contributed by atoms with E-state index < -0.39 is 0 Å². The van der Waals surface area contributed by atoms with Gasteiger partial charge < -0.3 is 16.0 Å². The van der Waals surface area contributed by atoms with E-state index in [4.69, 9.17) is 5.73 Å². The van der Waals surface area contributed by atoms with Crippen molar-refractivity contribution in [2.45, 2.75) is 33.7 Å². The van der Waals surface area contributed by atoms with Crippen LogP contribution in [0.3, 0.4) is 0 Å². The number of aryl methyl sites for hydroxylation is 2. The van der Waals surface area contributed by atoms with E-state index >= 15 is 0 Å². The van der Waals surface area contributed by atoms with Crippen LogP contribution in [0.25, 0.3) is 0 Å². The molecule has 2 rings (SSSR count). The molecular formula is C15H23IN4. The average molecular weight is 386 g/mol. The molecule has 20 heavy (non-hydrogen) atoms. The molecule has 1 unspecified atom stereocenters. The Labute approximate surface area is 138 Å². The highest BCUT2D eigenvalue weighted by atomic mass is 127. The second kappa shape index (κ2) is 6.97. The van der Waals surface area contributed by atoms with E-state index in [2.05, 4.69) is 67.2 Å². The van der Waals surface area contributed by atoms with Gasteiger partial charge in [-0.1, -0.05) is 6.07 Å². The van der Waals surface area contributed by atoms with Crippen molar-refractivity contribution in [3.63, 3.8) is 0 Å². The minimum absolute atomic E-state index is 0. The van der Waals surface area contributed by atoms with Crippen molar-refractivity contribution in [1.82, 2.24) is 4.90 Å². The summed E-state index contributed by atoms with van der Waals surface area (Å²) in [6.07, 6.45) is 2.09. The molecule has 1 aliphatic heterocycles. The van der Waals surface area contributed by atoms with Crippen LogP contribution < -0.4 is 11.1 Å². The van der Waals surface area contributed by atoms with Crippen LogP contribution in [-0.2, 0) is 0 Å². The first kappa shape index (κ1) is 16.8. The van der Waals surface area contributed by atoms with E-state index in [9.17, 15) is 0 Å². The van der Waals surface area contributed by atoms with Gasteiger partial charge in [0.2, 0.25) is 0 Å². The van der Waals surface area contributed by atoms with E-state index in [0.717, 1.165) is 18.1 Å². The SMILES string of the molecule is CCN1C(N)=NC(Nc2cc(C)cc(C)c2)=CC1C.I. The molecule has 0 spiro atoms. The fraction of sp³-hybridized carbons (Fsp3) is 0.400. The number of likely N-dealkylation sites (N-methyl/N-ethyl adjacent to an activating group) is 1. The van der Waals surface area contributed by atoms with Crippen LogP contribution in [0.1, 0.15) is 25.0 Å². The molecule has 0 aliphatic carbocycles. The fourth-order valence-corrected chi connectivity index (χ4v) is 2.47. The molecular weight excluding hydrogens is 363 g/mol.